The normalized spacial score (nSPS) is 34.2. The first kappa shape index (κ1) is 9.23. The van der Waals surface area contributed by atoms with Crippen molar-refractivity contribution in [1.29, 1.82) is 0 Å². The third kappa shape index (κ3) is 1.79. The van der Waals surface area contributed by atoms with E-state index in [0.29, 0.717) is 0 Å². The van der Waals surface area contributed by atoms with E-state index < -0.39 is 0 Å². The highest BCUT2D eigenvalue weighted by atomic mass is 14.8. The van der Waals surface area contributed by atoms with Gasteiger partial charge in [-0.3, -0.25) is 4.99 Å². The smallest absolute Gasteiger partial charge is 0.0389 e. The average Bonchev–Trinajstić information content (AvgIpc) is 2.17. The average molecular weight is 179 g/mol. The summed E-state index contributed by atoms with van der Waals surface area (Å²) in [5.41, 5.74) is 1.59. The van der Waals surface area contributed by atoms with Gasteiger partial charge in [0.2, 0.25) is 0 Å². The van der Waals surface area contributed by atoms with Crippen LogP contribution in [0.3, 0.4) is 0 Å². The van der Waals surface area contributed by atoms with Gasteiger partial charge < -0.3 is 0 Å². The van der Waals surface area contributed by atoms with E-state index >= 15 is 0 Å². The number of aliphatic imine (C=N–C) groups is 1. The molecule has 0 aromatic rings. The molecule has 1 aliphatic carbocycles. The topological polar surface area (TPSA) is 12.4 Å². The Bertz CT molecular complexity index is 205. The minimum Gasteiger partial charge on any atom is -0.294 e. The second kappa shape index (κ2) is 3.81. The predicted molar refractivity (Wildman–Crippen MR) is 57.2 cm³/mol. The molecule has 0 bridgehead atoms. The second-order valence-corrected chi connectivity index (χ2v) is 4.93. The third-order valence-corrected chi connectivity index (χ3v) is 3.68. The Kier molecular flexibility index (Phi) is 2.71. The molecule has 0 spiro atoms. The van der Waals surface area contributed by atoms with Crippen molar-refractivity contribution in [3.8, 4) is 0 Å². The summed E-state index contributed by atoms with van der Waals surface area (Å²) >= 11 is 0. The van der Waals surface area contributed by atoms with Crippen LogP contribution in [-0.4, -0.2) is 12.3 Å². The predicted octanol–water partition coefficient (Wildman–Crippen LogP) is 3.29. The summed E-state index contributed by atoms with van der Waals surface area (Å²) in [6.45, 7) is 5.81. The Labute approximate surface area is 81.6 Å². The number of hydrogen-bond acceptors (Lipinski definition) is 1. The summed E-state index contributed by atoms with van der Waals surface area (Å²) in [6.07, 6.45) is 7.00. The third-order valence-electron chi connectivity index (χ3n) is 3.68. The van der Waals surface area contributed by atoms with Gasteiger partial charge in [-0.25, -0.2) is 0 Å². The molecule has 2 aliphatic rings. The van der Waals surface area contributed by atoms with Gasteiger partial charge in [0.05, 0.1) is 0 Å². The molecule has 0 saturated heterocycles. The largest absolute Gasteiger partial charge is 0.294 e. The number of hydrogen-bond donors (Lipinski definition) is 0. The van der Waals surface area contributed by atoms with Crippen LogP contribution in [0.4, 0.5) is 0 Å². The summed E-state index contributed by atoms with van der Waals surface area (Å²) in [6, 6.07) is 0. The summed E-state index contributed by atoms with van der Waals surface area (Å²) < 4.78 is 0. The van der Waals surface area contributed by atoms with E-state index in [4.69, 9.17) is 4.99 Å². The molecule has 1 aliphatic heterocycles. The van der Waals surface area contributed by atoms with Gasteiger partial charge in [0, 0.05) is 12.3 Å². The lowest BCUT2D eigenvalue weighted by atomic mass is 9.72. The molecule has 13 heavy (non-hydrogen) atoms. The lowest BCUT2D eigenvalue weighted by Crippen LogP contribution is -2.34. The van der Waals surface area contributed by atoms with Crippen molar-refractivity contribution in [2.75, 3.05) is 6.54 Å². The molecule has 0 radical (unpaired) electrons. The van der Waals surface area contributed by atoms with Crippen molar-refractivity contribution in [2.45, 2.75) is 46.0 Å². The van der Waals surface area contributed by atoms with Crippen molar-refractivity contribution in [1.82, 2.24) is 0 Å². The van der Waals surface area contributed by atoms with Gasteiger partial charge >= 0.3 is 0 Å². The van der Waals surface area contributed by atoms with Gasteiger partial charge in [0.1, 0.15) is 0 Å². The van der Waals surface area contributed by atoms with Crippen molar-refractivity contribution < 1.29 is 0 Å². The van der Waals surface area contributed by atoms with Crippen molar-refractivity contribution in [3.63, 3.8) is 0 Å². The molecule has 2 unspecified atom stereocenters. The highest BCUT2D eigenvalue weighted by Crippen LogP contribution is 2.35. The van der Waals surface area contributed by atoms with Gasteiger partial charge in [-0.1, -0.05) is 20.3 Å². The molecule has 1 saturated carbocycles. The van der Waals surface area contributed by atoms with Crippen LogP contribution < -0.4 is 0 Å². The SMILES string of the molecule is CC(C)C1CCCC2CCCN=C21. The molecular formula is C12H21N. The Morgan fingerprint density at radius 2 is 1.92 bits per heavy atom. The highest BCUT2D eigenvalue weighted by Gasteiger charge is 2.31. The molecule has 0 aromatic heterocycles. The molecule has 1 nitrogen and oxygen atoms in total. The highest BCUT2D eigenvalue weighted by molar-refractivity contribution is 5.90. The number of nitrogens with zero attached hydrogens (tertiary/aromatic N) is 1. The first-order chi connectivity index (χ1) is 6.29. The summed E-state index contributed by atoms with van der Waals surface area (Å²) in [5, 5.41) is 0. The van der Waals surface area contributed by atoms with Crippen LogP contribution in [0.15, 0.2) is 4.99 Å². The lowest BCUT2D eigenvalue weighted by Gasteiger charge is -2.36. The monoisotopic (exact) mass is 179 g/mol. The van der Waals surface area contributed by atoms with Crippen LogP contribution in [0, 0.1) is 17.8 Å². The fourth-order valence-electron chi connectivity index (χ4n) is 2.94. The molecule has 2 atom stereocenters. The van der Waals surface area contributed by atoms with Gasteiger partial charge in [-0.15, -0.1) is 0 Å². The Balaban J connectivity index is 2.15. The van der Waals surface area contributed by atoms with E-state index in [9.17, 15) is 0 Å². The molecule has 0 aromatic carbocycles. The molecule has 1 heterocycles. The van der Waals surface area contributed by atoms with E-state index in [0.717, 1.165) is 24.3 Å². The van der Waals surface area contributed by atoms with Crippen molar-refractivity contribution in [3.05, 3.63) is 0 Å². The number of fused-ring (bicyclic) bond motifs is 1. The molecule has 1 heteroatoms. The summed E-state index contributed by atoms with van der Waals surface area (Å²) in [7, 11) is 0. The van der Waals surface area contributed by atoms with Crippen LogP contribution in [0.5, 0.6) is 0 Å². The van der Waals surface area contributed by atoms with Crippen LogP contribution in [0.2, 0.25) is 0 Å². The van der Waals surface area contributed by atoms with Gasteiger partial charge in [-0.05, 0) is 43.4 Å². The number of rotatable bonds is 1. The van der Waals surface area contributed by atoms with Crippen LogP contribution in [0.25, 0.3) is 0 Å². The Hall–Kier alpha value is -0.330. The molecule has 0 amide bonds. The lowest BCUT2D eigenvalue weighted by molar-refractivity contribution is 0.352. The van der Waals surface area contributed by atoms with Gasteiger partial charge in [0.25, 0.3) is 0 Å². The molecule has 2 rings (SSSR count). The minimum atomic E-state index is 0.805. The zero-order chi connectivity index (χ0) is 9.26. The maximum Gasteiger partial charge on any atom is 0.0389 e. The van der Waals surface area contributed by atoms with Crippen molar-refractivity contribution >= 4 is 5.71 Å². The Morgan fingerprint density at radius 3 is 2.69 bits per heavy atom. The summed E-state index contributed by atoms with van der Waals surface area (Å²) in [4.78, 5) is 4.77. The summed E-state index contributed by atoms with van der Waals surface area (Å²) in [5.74, 6) is 2.49. The molecule has 1 fully saturated rings. The van der Waals surface area contributed by atoms with Gasteiger partial charge in [0.15, 0.2) is 0 Å². The fraction of sp³-hybridized carbons (Fsp3) is 0.917. The standard InChI is InChI=1S/C12H21N/c1-9(2)11-7-3-5-10-6-4-8-13-12(10)11/h9-11H,3-8H2,1-2H3. The zero-order valence-corrected chi connectivity index (χ0v) is 8.92. The van der Waals surface area contributed by atoms with E-state index in [1.807, 2.05) is 0 Å². The van der Waals surface area contributed by atoms with E-state index in [1.54, 1.807) is 5.71 Å². The fourth-order valence-corrected chi connectivity index (χ4v) is 2.94. The molecule has 0 N–H and O–H groups in total. The molecule has 74 valence electrons. The van der Waals surface area contributed by atoms with E-state index in [-0.39, 0.29) is 0 Å². The van der Waals surface area contributed by atoms with Crippen LogP contribution >= 0.6 is 0 Å². The first-order valence-corrected chi connectivity index (χ1v) is 5.83. The maximum absolute atomic E-state index is 4.77. The van der Waals surface area contributed by atoms with Crippen LogP contribution in [0.1, 0.15) is 46.0 Å². The molecular weight excluding hydrogens is 158 g/mol. The second-order valence-electron chi connectivity index (χ2n) is 4.93. The van der Waals surface area contributed by atoms with E-state index in [2.05, 4.69) is 13.8 Å². The van der Waals surface area contributed by atoms with E-state index in [1.165, 1.54) is 32.1 Å². The first-order valence-electron chi connectivity index (χ1n) is 5.83. The maximum atomic E-state index is 4.77. The van der Waals surface area contributed by atoms with Gasteiger partial charge in [-0.2, -0.15) is 0 Å². The zero-order valence-electron chi connectivity index (χ0n) is 8.92. The minimum absolute atomic E-state index is 0.805. The van der Waals surface area contributed by atoms with Crippen LogP contribution in [-0.2, 0) is 0 Å². The van der Waals surface area contributed by atoms with Crippen molar-refractivity contribution in [2.24, 2.45) is 22.7 Å². The Morgan fingerprint density at radius 1 is 1.15 bits per heavy atom. The quantitative estimate of drug-likeness (QED) is 0.585.